The molecule has 0 heterocycles. The molecule has 134 valence electrons. The lowest BCUT2D eigenvalue weighted by Crippen LogP contribution is -2.62. The summed E-state index contributed by atoms with van der Waals surface area (Å²) in [7, 11) is 1.58. The van der Waals surface area contributed by atoms with Gasteiger partial charge in [0.05, 0.1) is 0 Å². The molecule has 4 nitrogen and oxygen atoms in total. The van der Waals surface area contributed by atoms with Crippen molar-refractivity contribution in [2.24, 2.45) is 0 Å². The van der Waals surface area contributed by atoms with Gasteiger partial charge in [0, 0.05) is 36.9 Å². The van der Waals surface area contributed by atoms with Gasteiger partial charge < -0.3 is 5.32 Å². The van der Waals surface area contributed by atoms with Gasteiger partial charge in [0.25, 0.3) is 0 Å². The van der Waals surface area contributed by atoms with E-state index in [0.717, 1.165) is 0 Å². The van der Waals surface area contributed by atoms with Crippen molar-refractivity contribution in [2.45, 2.75) is 24.3 Å². The summed E-state index contributed by atoms with van der Waals surface area (Å²) in [6, 6.07) is 0. The molecule has 0 fully saturated rings. The lowest BCUT2D eigenvalue weighted by Gasteiger charge is -2.34. The molecule has 0 rings (SSSR count). The number of hydrogen-bond acceptors (Lipinski definition) is 7. The molecular formula is C12H27F3N4S3. The molecule has 0 aliphatic rings. The van der Waals surface area contributed by atoms with Crippen molar-refractivity contribution in [3.63, 3.8) is 0 Å². The van der Waals surface area contributed by atoms with Gasteiger partial charge in [-0.3, -0.25) is 16.0 Å². The van der Waals surface area contributed by atoms with Crippen LogP contribution >= 0.6 is 37.9 Å². The van der Waals surface area contributed by atoms with Crippen molar-refractivity contribution in [1.82, 2.24) is 21.3 Å². The van der Waals surface area contributed by atoms with Gasteiger partial charge in [0.15, 0.2) is 17.4 Å². The molecule has 22 heavy (non-hydrogen) atoms. The Bertz CT molecular complexity index is 293. The zero-order chi connectivity index (χ0) is 17.3. The zero-order valence-corrected chi connectivity index (χ0v) is 15.6. The normalized spacial score (nSPS) is 20.2. The first-order valence-electron chi connectivity index (χ1n) is 7.01. The largest absolute Gasteiger partial charge is 0.315 e. The number of hydrogen-bond donors (Lipinski definition) is 7. The van der Waals surface area contributed by atoms with Crippen LogP contribution in [0.3, 0.4) is 0 Å². The molecule has 0 radical (unpaired) electrons. The second-order valence-corrected chi connectivity index (χ2v) is 6.09. The van der Waals surface area contributed by atoms with Crippen molar-refractivity contribution >= 4 is 37.9 Å². The van der Waals surface area contributed by atoms with Gasteiger partial charge in [0.1, 0.15) is 0 Å². The van der Waals surface area contributed by atoms with Gasteiger partial charge in [0.2, 0.25) is 0 Å². The summed E-state index contributed by atoms with van der Waals surface area (Å²) >= 11 is 11.8. The summed E-state index contributed by atoms with van der Waals surface area (Å²) in [6.45, 7) is 1.41. The van der Waals surface area contributed by atoms with Gasteiger partial charge in [-0.1, -0.05) is 6.92 Å². The molecule has 0 aromatic heterocycles. The maximum Gasteiger partial charge on any atom is 0.183 e. The smallest absolute Gasteiger partial charge is 0.183 e. The highest BCUT2D eigenvalue weighted by atomic mass is 32.1. The van der Waals surface area contributed by atoms with Gasteiger partial charge in [-0.15, -0.1) is 0 Å². The van der Waals surface area contributed by atoms with Crippen LogP contribution < -0.4 is 21.3 Å². The van der Waals surface area contributed by atoms with E-state index in [2.05, 4.69) is 59.2 Å². The molecule has 0 aliphatic heterocycles. The van der Waals surface area contributed by atoms with Crippen molar-refractivity contribution in [3.05, 3.63) is 0 Å². The van der Waals surface area contributed by atoms with Crippen molar-refractivity contribution < 1.29 is 13.2 Å². The Morgan fingerprint density at radius 2 is 1.09 bits per heavy atom. The van der Waals surface area contributed by atoms with E-state index in [4.69, 9.17) is 0 Å². The number of rotatable bonds is 13. The van der Waals surface area contributed by atoms with E-state index in [9.17, 15) is 13.2 Å². The third kappa shape index (κ3) is 7.98. The molecule has 0 saturated carbocycles. The Morgan fingerprint density at radius 3 is 1.41 bits per heavy atom. The number of nitrogens with one attached hydrogen (secondary N) is 4. The van der Waals surface area contributed by atoms with Crippen LogP contribution in [-0.4, -0.2) is 67.9 Å². The van der Waals surface area contributed by atoms with E-state index in [1.54, 1.807) is 14.0 Å². The molecule has 4 N–H and O–H groups in total. The minimum atomic E-state index is -2.06. The highest BCUT2D eigenvalue weighted by Crippen LogP contribution is 2.16. The van der Waals surface area contributed by atoms with E-state index in [-0.39, 0.29) is 36.9 Å². The minimum absolute atomic E-state index is 0.0275. The lowest BCUT2D eigenvalue weighted by atomic mass is 10.2. The van der Waals surface area contributed by atoms with Crippen LogP contribution in [0.25, 0.3) is 0 Å². The maximum absolute atomic E-state index is 14.7. The lowest BCUT2D eigenvalue weighted by molar-refractivity contribution is 0.0574. The summed E-state index contributed by atoms with van der Waals surface area (Å²) in [4.78, 5) is 0. The standard InChI is InChI=1S/C12H27F3N4S3/c1-3-17-11(14,8-21)5-19-12(15,9-22)6-18-10(13,7-20)4-16-2/h16-22H,3-9H2,1-2H3/t10?,11-,12+/m0/s1. The average molecular weight is 381 g/mol. The molecule has 10 heteroatoms. The summed E-state index contributed by atoms with van der Waals surface area (Å²) in [5.74, 6) is -6.26. The maximum atomic E-state index is 14.7. The third-order valence-corrected chi connectivity index (χ3v) is 4.58. The van der Waals surface area contributed by atoms with E-state index in [0.29, 0.717) is 6.54 Å². The van der Waals surface area contributed by atoms with Gasteiger partial charge in [-0.05, 0) is 13.6 Å². The van der Waals surface area contributed by atoms with Crippen molar-refractivity contribution in [2.75, 3.05) is 50.5 Å². The monoisotopic (exact) mass is 380 g/mol. The molecule has 0 spiro atoms. The van der Waals surface area contributed by atoms with Crippen LogP contribution in [0, 0.1) is 0 Å². The Labute approximate surface area is 147 Å². The molecule has 3 atom stereocenters. The highest BCUT2D eigenvalue weighted by Gasteiger charge is 2.37. The number of thiol groups is 3. The minimum Gasteiger partial charge on any atom is -0.315 e. The van der Waals surface area contributed by atoms with Crippen molar-refractivity contribution in [1.29, 1.82) is 0 Å². The van der Waals surface area contributed by atoms with E-state index >= 15 is 0 Å². The molecule has 0 aromatic carbocycles. The fourth-order valence-electron chi connectivity index (χ4n) is 1.72. The Morgan fingerprint density at radius 1 is 0.727 bits per heavy atom. The highest BCUT2D eigenvalue weighted by molar-refractivity contribution is 7.80. The van der Waals surface area contributed by atoms with Crippen LogP contribution in [0.4, 0.5) is 13.2 Å². The second-order valence-electron chi connectivity index (χ2n) is 5.14. The zero-order valence-electron chi connectivity index (χ0n) is 12.9. The molecule has 0 aliphatic carbocycles. The third-order valence-electron chi connectivity index (χ3n) is 3.07. The SMILES string of the molecule is CCN[C@](F)(CS)CN[C@@](F)(CS)CNC(F)(CS)CNC. The quantitative estimate of drug-likeness (QED) is 0.191. The van der Waals surface area contributed by atoms with Crippen LogP contribution in [0.15, 0.2) is 0 Å². The summed E-state index contributed by atoms with van der Waals surface area (Å²) in [6.07, 6.45) is 0. The predicted octanol–water partition coefficient (Wildman–Crippen LogP) is 0.781. The Hall–Kier alpha value is 0.680. The number of alkyl halides is 3. The first kappa shape index (κ1) is 22.7. The van der Waals surface area contributed by atoms with Crippen LogP contribution in [-0.2, 0) is 0 Å². The fourth-order valence-corrected chi connectivity index (χ4v) is 2.39. The summed E-state index contributed by atoms with van der Waals surface area (Å²) in [5.41, 5.74) is 0. The Balaban J connectivity index is 4.63. The molecular weight excluding hydrogens is 353 g/mol. The van der Waals surface area contributed by atoms with Crippen LogP contribution in [0.1, 0.15) is 6.92 Å². The van der Waals surface area contributed by atoms with Gasteiger partial charge in [-0.2, -0.15) is 37.9 Å². The topological polar surface area (TPSA) is 48.1 Å². The van der Waals surface area contributed by atoms with Gasteiger partial charge in [-0.25, -0.2) is 13.2 Å². The fraction of sp³-hybridized carbons (Fsp3) is 1.00. The molecule has 0 amide bonds. The predicted molar refractivity (Wildman–Crippen MR) is 96.7 cm³/mol. The number of halogens is 3. The molecule has 0 saturated heterocycles. The number of likely N-dealkylation sites (N-methyl/N-ethyl adjacent to an activating group) is 2. The van der Waals surface area contributed by atoms with Crippen molar-refractivity contribution in [3.8, 4) is 0 Å². The molecule has 0 aromatic rings. The van der Waals surface area contributed by atoms with Gasteiger partial charge >= 0.3 is 0 Å². The van der Waals surface area contributed by atoms with Crippen LogP contribution in [0.5, 0.6) is 0 Å². The average Bonchev–Trinajstić information content (AvgIpc) is 2.52. The molecule has 0 bridgehead atoms. The molecule has 1 unspecified atom stereocenters. The second kappa shape index (κ2) is 10.5. The van der Waals surface area contributed by atoms with E-state index in [1.165, 1.54) is 0 Å². The summed E-state index contributed by atoms with van der Waals surface area (Å²) < 4.78 is 43.2. The Kier molecular flexibility index (Phi) is 10.9. The van der Waals surface area contributed by atoms with E-state index < -0.39 is 17.4 Å². The first-order valence-corrected chi connectivity index (χ1v) is 8.91. The summed E-state index contributed by atoms with van der Waals surface area (Å²) in [5, 5.41) is 10.2. The van der Waals surface area contributed by atoms with E-state index in [1.807, 2.05) is 0 Å². The first-order chi connectivity index (χ1) is 10.2. The van der Waals surface area contributed by atoms with Crippen LogP contribution in [0.2, 0.25) is 0 Å².